The third-order valence-corrected chi connectivity index (χ3v) is 10.4. The number of aromatic nitrogens is 1. The summed E-state index contributed by atoms with van der Waals surface area (Å²) in [7, 11) is 0. The van der Waals surface area contributed by atoms with Gasteiger partial charge in [0, 0.05) is 50.7 Å². The summed E-state index contributed by atoms with van der Waals surface area (Å²) in [5.41, 5.74) is 6.69. The van der Waals surface area contributed by atoms with Gasteiger partial charge in [0.05, 0.1) is 34.7 Å². The third-order valence-electron chi connectivity index (χ3n) is 9.58. The average Bonchev–Trinajstić information content (AvgIpc) is 3.52. The Bertz CT molecular complexity index is 2220. The van der Waals surface area contributed by atoms with Gasteiger partial charge in [0.25, 0.3) is 5.91 Å². The molecule has 52 heavy (non-hydrogen) atoms. The number of fused-ring (bicyclic) bond motifs is 1. The lowest BCUT2D eigenvalue weighted by Crippen LogP contribution is -2.42. The van der Waals surface area contributed by atoms with Crippen molar-refractivity contribution in [2.24, 2.45) is 0 Å². The molecule has 5 aromatic rings. The maximum Gasteiger partial charge on any atom is 0.272 e. The lowest BCUT2D eigenvalue weighted by Gasteiger charge is -2.34. The Balaban J connectivity index is 1.52. The first kappa shape index (κ1) is 36.6. The number of benzene rings is 4. The van der Waals surface area contributed by atoms with Crippen LogP contribution in [0.4, 0.5) is 11.4 Å². The van der Waals surface area contributed by atoms with Gasteiger partial charge < -0.3 is 25.4 Å². The number of carbonyl (C=O) groups is 2. The van der Waals surface area contributed by atoms with E-state index >= 15 is 0 Å². The Morgan fingerprint density at radius 2 is 1.73 bits per heavy atom. The second-order valence-corrected chi connectivity index (χ2v) is 14.0. The maximum atomic E-state index is 14.7. The van der Waals surface area contributed by atoms with Crippen LogP contribution < -0.4 is 15.5 Å². The minimum absolute atomic E-state index is 0.0851. The molecule has 0 saturated carbocycles. The zero-order chi connectivity index (χ0) is 36.9. The van der Waals surface area contributed by atoms with E-state index in [1.165, 1.54) is 0 Å². The van der Waals surface area contributed by atoms with E-state index in [0.717, 1.165) is 52.7 Å². The number of H-pyrrole nitrogens is 1. The van der Waals surface area contributed by atoms with Gasteiger partial charge in [-0.3, -0.25) is 9.59 Å². The summed E-state index contributed by atoms with van der Waals surface area (Å²) in [4.78, 5) is 33.3. The summed E-state index contributed by atoms with van der Waals surface area (Å²) >= 11 is 19.6. The summed E-state index contributed by atoms with van der Waals surface area (Å²) < 4.78 is 0. The highest BCUT2D eigenvalue weighted by Crippen LogP contribution is 2.43. The van der Waals surface area contributed by atoms with Gasteiger partial charge in [0.15, 0.2) is 0 Å². The van der Waals surface area contributed by atoms with Crippen molar-refractivity contribution in [1.82, 2.24) is 15.2 Å². The van der Waals surface area contributed by atoms with E-state index in [0.29, 0.717) is 56.2 Å². The zero-order valence-corrected chi connectivity index (χ0v) is 31.0. The number of piperidine rings is 1. The lowest BCUT2D eigenvalue weighted by molar-refractivity contribution is -0.110. The number of aromatic amines is 1. The van der Waals surface area contributed by atoms with E-state index in [1.807, 2.05) is 67.3 Å². The second kappa shape index (κ2) is 16.0. The first-order chi connectivity index (χ1) is 25.1. The smallest absolute Gasteiger partial charge is 0.272 e. The molecule has 0 radical (unpaired) electrons. The van der Waals surface area contributed by atoms with Gasteiger partial charge in [0.1, 0.15) is 5.69 Å². The van der Waals surface area contributed by atoms with Crippen LogP contribution in [-0.4, -0.2) is 41.3 Å². The fourth-order valence-corrected chi connectivity index (χ4v) is 7.64. The molecule has 1 fully saturated rings. The Hall–Kier alpha value is -5.20. The molecule has 1 aromatic heterocycles. The monoisotopic (exact) mass is 750 g/mol. The van der Waals surface area contributed by atoms with Gasteiger partial charge in [-0.2, -0.15) is 5.26 Å². The molecule has 0 aliphatic carbocycles. The molecule has 6 rings (SSSR count). The van der Waals surface area contributed by atoms with Crippen LogP contribution in [0.1, 0.15) is 65.5 Å². The molecule has 4 aromatic carbocycles. The van der Waals surface area contributed by atoms with Gasteiger partial charge in [-0.05, 0) is 92.1 Å². The minimum atomic E-state index is -0.407. The predicted octanol–water partition coefficient (Wildman–Crippen LogP) is 10.1. The number of hydrogen-bond acceptors (Lipinski definition) is 5. The van der Waals surface area contributed by atoms with E-state index in [4.69, 9.17) is 34.8 Å². The highest BCUT2D eigenvalue weighted by Gasteiger charge is 2.30. The van der Waals surface area contributed by atoms with Crippen molar-refractivity contribution >= 4 is 80.7 Å². The molecule has 8 nitrogen and oxygen atoms in total. The van der Waals surface area contributed by atoms with Crippen molar-refractivity contribution < 1.29 is 9.59 Å². The van der Waals surface area contributed by atoms with Crippen LogP contribution in [0.3, 0.4) is 0 Å². The molecule has 2 heterocycles. The number of anilines is 2. The summed E-state index contributed by atoms with van der Waals surface area (Å²) in [6.07, 6.45) is 3.98. The highest BCUT2D eigenvalue weighted by molar-refractivity contribution is 6.35. The quantitative estimate of drug-likeness (QED) is 0.117. The number of hydrogen-bond donors (Lipinski definition) is 3. The summed E-state index contributed by atoms with van der Waals surface area (Å²) in [5.74, 6) is -0.407. The summed E-state index contributed by atoms with van der Waals surface area (Å²) in [6.45, 7) is 9.60. The molecule has 2 amide bonds. The molecule has 11 heteroatoms. The molecule has 0 spiro atoms. The van der Waals surface area contributed by atoms with Crippen molar-refractivity contribution in [2.45, 2.75) is 38.8 Å². The number of halogens is 3. The fourth-order valence-electron chi connectivity index (χ4n) is 6.90. The Kier molecular flexibility index (Phi) is 11.3. The third kappa shape index (κ3) is 7.54. The van der Waals surface area contributed by atoms with Crippen LogP contribution in [0.5, 0.6) is 0 Å². The number of nitrogens with zero attached hydrogens (tertiary/aromatic N) is 3. The summed E-state index contributed by atoms with van der Waals surface area (Å²) in [6, 6.07) is 28.1. The number of nitriles is 1. The van der Waals surface area contributed by atoms with E-state index in [1.54, 1.807) is 42.6 Å². The maximum absolute atomic E-state index is 14.7. The molecule has 0 bridgehead atoms. The molecular weight excluding hydrogens is 715 g/mol. The molecule has 1 aliphatic heterocycles. The minimum Gasteiger partial charge on any atom is -0.370 e. The van der Waals surface area contributed by atoms with Crippen molar-refractivity contribution in [1.29, 1.82) is 5.26 Å². The highest BCUT2D eigenvalue weighted by atomic mass is 35.5. The number of carbonyl (C=O) groups excluding carboxylic acids is 2. The van der Waals surface area contributed by atoms with Gasteiger partial charge in [0.2, 0.25) is 6.41 Å². The lowest BCUT2D eigenvalue weighted by atomic mass is 9.95. The number of nitrogens with one attached hydrogen (secondary N) is 3. The fraction of sp³-hybridized carbons (Fsp3) is 0.195. The van der Waals surface area contributed by atoms with Crippen molar-refractivity contribution in [3.63, 3.8) is 0 Å². The van der Waals surface area contributed by atoms with Crippen LogP contribution in [0.25, 0.3) is 22.2 Å². The molecule has 3 N–H and O–H groups in total. The molecule has 264 valence electrons. The van der Waals surface area contributed by atoms with Gasteiger partial charge in [-0.25, -0.2) is 0 Å². The molecular formula is C41H37Cl3N6O2. The van der Waals surface area contributed by atoms with Crippen LogP contribution in [0.15, 0.2) is 97.7 Å². The number of allylic oxidation sites excluding steroid dienone is 1. The molecule has 1 aliphatic rings. The Labute approximate surface area is 318 Å². The molecule has 1 atom stereocenters. The first-order valence-corrected chi connectivity index (χ1v) is 18.0. The average molecular weight is 752 g/mol. The van der Waals surface area contributed by atoms with Crippen LogP contribution in [-0.2, 0) is 4.79 Å². The number of rotatable bonds is 11. The predicted molar refractivity (Wildman–Crippen MR) is 213 cm³/mol. The van der Waals surface area contributed by atoms with Crippen molar-refractivity contribution in [2.75, 3.05) is 23.3 Å². The van der Waals surface area contributed by atoms with Gasteiger partial charge in [-0.15, -0.1) is 0 Å². The van der Waals surface area contributed by atoms with Crippen molar-refractivity contribution in [3.8, 4) is 6.07 Å². The Morgan fingerprint density at radius 3 is 2.40 bits per heavy atom. The normalized spacial score (nSPS) is 14.3. The molecule has 1 unspecified atom stereocenters. The Morgan fingerprint density at radius 1 is 1.02 bits per heavy atom. The summed E-state index contributed by atoms with van der Waals surface area (Å²) in [5, 5.41) is 18.1. The van der Waals surface area contributed by atoms with Crippen LogP contribution >= 0.6 is 34.8 Å². The van der Waals surface area contributed by atoms with Gasteiger partial charge >= 0.3 is 0 Å². The standard InChI is InChI=1S/C41H37Cl3N6O2/c1-4-50(26(3)32-13-11-29(42)21-34(32)44)40(25(2)28-8-6-5-7-9-28)38-33-14-12-30(43)22-35(33)47-39(38)41(52)48-36-20-27(23-45)10-15-37(36)49-18-16-31(17-19-49)46-24-51/h4-15,20-22,24,26,31,47H,1,16-19H2,2-3H3,(H,46,51)(H,48,52)/b40-25+. The first-order valence-electron chi connectivity index (χ1n) is 16.9. The molecule has 1 saturated heterocycles. The largest absolute Gasteiger partial charge is 0.370 e. The van der Waals surface area contributed by atoms with E-state index in [2.05, 4.69) is 33.2 Å². The van der Waals surface area contributed by atoms with E-state index < -0.39 is 5.91 Å². The number of amides is 2. The topological polar surface area (TPSA) is 104 Å². The SMILES string of the molecule is C=CN(/C(=C(\C)c1ccccc1)c1c(C(=O)Nc2cc(C#N)ccc2N2CCC(NC=O)CC2)[nH]c2cc(Cl)ccc12)C(C)c1ccc(Cl)cc1Cl. The van der Waals surface area contributed by atoms with Crippen LogP contribution in [0, 0.1) is 11.3 Å². The van der Waals surface area contributed by atoms with E-state index in [-0.39, 0.29) is 12.1 Å². The van der Waals surface area contributed by atoms with E-state index in [9.17, 15) is 14.9 Å². The van der Waals surface area contributed by atoms with Crippen LogP contribution in [0.2, 0.25) is 15.1 Å². The second-order valence-electron chi connectivity index (χ2n) is 12.7. The van der Waals surface area contributed by atoms with Gasteiger partial charge in [-0.1, -0.05) is 83.8 Å². The van der Waals surface area contributed by atoms with Crippen molar-refractivity contribution in [3.05, 3.63) is 141 Å². The zero-order valence-electron chi connectivity index (χ0n) is 28.7.